The molecule has 0 saturated carbocycles. The molecule has 0 heterocycles. The van der Waals surface area contributed by atoms with Gasteiger partial charge in [-0.25, -0.2) is 8.42 Å². The molecular weight excluding hydrogens is 389 g/mol. The summed E-state index contributed by atoms with van der Waals surface area (Å²) < 4.78 is 22.0. The predicted octanol–water partition coefficient (Wildman–Crippen LogP) is 1.40. The Morgan fingerprint density at radius 2 is 1.85 bits per heavy atom. The van der Waals surface area contributed by atoms with E-state index in [-0.39, 0.29) is 29.7 Å². The summed E-state index contributed by atoms with van der Waals surface area (Å²) in [5.74, 6) is 0.868. The normalized spacial score (nSPS) is 11.6. The monoisotopic (exact) mass is 411 g/mol. The number of benzene rings is 1. The van der Waals surface area contributed by atoms with E-state index in [2.05, 4.69) is 15.6 Å². The lowest BCUT2D eigenvalue weighted by molar-refractivity contribution is 0.598. The van der Waals surface area contributed by atoms with Crippen LogP contribution in [-0.2, 0) is 16.4 Å². The van der Waals surface area contributed by atoms with Crippen LogP contribution in [0.3, 0.4) is 0 Å². The summed E-state index contributed by atoms with van der Waals surface area (Å²) in [7, 11) is -1.19. The van der Waals surface area contributed by atoms with Crippen LogP contribution in [0.25, 0.3) is 0 Å². The second-order valence-electron chi connectivity index (χ2n) is 4.32. The number of rotatable bonds is 6. The molecule has 0 aliphatic heterocycles. The molecule has 20 heavy (non-hydrogen) atoms. The van der Waals surface area contributed by atoms with Crippen molar-refractivity contribution in [3.8, 4) is 0 Å². The molecule has 0 aliphatic carbocycles. The molecule has 2 N–H and O–H groups in total. The maximum Gasteiger partial charge on any atom is 0.191 e. The Morgan fingerprint density at radius 3 is 2.40 bits per heavy atom. The highest BCUT2D eigenvalue weighted by atomic mass is 127. The van der Waals surface area contributed by atoms with Crippen LogP contribution in [0.15, 0.2) is 35.3 Å². The Kier molecular flexibility index (Phi) is 9.56. The Balaban J connectivity index is 0.00000361. The molecule has 7 heteroatoms. The van der Waals surface area contributed by atoms with Gasteiger partial charge < -0.3 is 10.6 Å². The van der Waals surface area contributed by atoms with Crippen molar-refractivity contribution in [2.75, 3.05) is 25.6 Å². The fraction of sp³-hybridized carbons (Fsp3) is 0.462. The van der Waals surface area contributed by atoms with E-state index in [4.69, 9.17) is 0 Å². The zero-order valence-corrected chi connectivity index (χ0v) is 14.9. The molecule has 0 saturated heterocycles. The van der Waals surface area contributed by atoms with Crippen LogP contribution in [0.5, 0.6) is 0 Å². The molecule has 0 atom stereocenters. The summed E-state index contributed by atoms with van der Waals surface area (Å²) in [5, 5.41) is 6.26. The van der Waals surface area contributed by atoms with E-state index in [0.29, 0.717) is 25.5 Å². The second kappa shape index (κ2) is 9.98. The highest BCUT2D eigenvalue weighted by Crippen LogP contribution is 1.96. The van der Waals surface area contributed by atoms with Crippen LogP contribution in [0.1, 0.15) is 12.0 Å². The van der Waals surface area contributed by atoms with Crippen molar-refractivity contribution in [1.82, 2.24) is 10.6 Å². The van der Waals surface area contributed by atoms with Crippen molar-refractivity contribution in [3.63, 3.8) is 0 Å². The smallest absolute Gasteiger partial charge is 0.191 e. The lowest BCUT2D eigenvalue weighted by atomic mass is 10.2. The van der Waals surface area contributed by atoms with Crippen LogP contribution in [0.2, 0.25) is 0 Å². The van der Waals surface area contributed by atoms with Gasteiger partial charge in [-0.1, -0.05) is 30.3 Å². The molecule has 0 fully saturated rings. The summed E-state index contributed by atoms with van der Waals surface area (Å²) in [4.78, 5) is 4.08. The molecular formula is C13H22IN3O2S. The molecule has 114 valence electrons. The number of hydrogen-bond acceptors (Lipinski definition) is 3. The minimum atomic E-state index is -2.88. The van der Waals surface area contributed by atoms with E-state index in [1.54, 1.807) is 7.05 Å². The van der Waals surface area contributed by atoms with Crippen molar-refractivity contribution >= 4 is 39.8 Å². The Morgan fingerprint density at radius 1 is 1.20 bits per heavy atom. The fourth-order valence-electron chi connectivity index (χ4n) is 1.54. The first kappa shape index (κ1) is 19.2. The van der Waals surface area contributed by atoms with Crippen molar-refractivity contribution in [2.45, 2.75) is 13.0 Å². The van der Waals surface area contributed by atoms with Crippen LogP contribution >= 0.6 is 24.0 Å². The van der Waals surface area contributed by atoms with E-state index in [0.717, 1.165) is 0 Å². The maximum atomic E-state index is 11.0. The highest BCUT2D eigenvalue weighted by Gasteiger charge is 2.02. The van der Waals surface area contributed by atoms with E-state index < -0.39 is 9.84 Å². The highest BCUT2D eigenvalue weighted by molar-refractivity contribution is 14.0. The molecule has 5 nitrogen and oxygen atoms in total. The Bertz CT molecular complexity index is 504. The molecule has 0 amide bonds. The van der Waals surface area contributed by atoms with Gasteiger partial charge in [0, 0.05) is 26.4 Å². The number of nitrogens with one attached hydrogen (secondary N) is 2. The SMILES string of the molecule is CN=C(NCCCS(C)(=O)=O)NCc1ccccc1.I. The summed E-state index contributed by atoms with van der Waals surface area (Å²) in [6.07, 6.45) is 1.82. The van der Waals surface area contributed by atoms with Crippen LogP contribution in [-0.4, -0.2) is 40.0 Å². The van der Waals surface area contributed by atoms with Crippen LogP contribution in [0, 0.1) is 0 Å². The number of halogens is 1. The van der Waals surface area contributed by atoms with Crippen molar-refractivity contribution < 1.29 is 8.42 Å². The van der Waals surface area contributed by atoms with Gasteiger partial charge in [-0.2, -0.15) is 0 Å². The fourth-order valence-corrected chi connectivity index (χ4v) is 2.21. The number of nitrogens with zero attached hydrogens (tertiary/aromatic N) is 1. The van der Waals surface area contributed by atoms with Crippen molar-refractivity contribution in [3.05, 3.63) is 35.9 Å². The van der Waals surface area contributed by atoms with Gasteiger partial charge in [0.25, 0.3) is 0 Å². The molecule has 0 spiro atoms. The van der Waals surface area contributed by atoms with Gasteiger partial charge in [0.15, 0.2) is 5.96 Å². The Labute approximate surface area is 138 Å². The number of guanidine groups is 1. The van der Waals surface area contributed by atoms with Crippen LogP contribution < -0.4 is 10.6 Å². The number of aliphatic imine (C=N–C) groups is 1. The van der Waals surface area contributed by atoms with Gasteiger partial charge >= 0.3 is 0 Å². The largest absolute Gasteiger partial charge is 0.356 e. The molecule has 0 aliphatic rings. The van der Waals surface area contributed by atoms with Crippen molar-refractivity contribution in [1.29, 1.82) is 0 Å². The quantitative estimate of drug-likeness (QED) is 0.322. The molecule has 1 aromatic carbocycles. The van der Waals surface area contributed by atoms with Crippen LogP contribution in [0.4, 0.5) is 0 Å². The molecule has 1 aromatic rings. The molecule has 0 bridgehead atoms. The zero-order chi connectivity index (χ0) is 14.1. The van der Waals surface area contributed by atoms with E-state index in [1.807, 2.05) is 30.3 Å². The van der Waals surface area contributed by atoms with Gasteiger partial charge in [-0.3, -0.25) is 4.99 Å². The molecule has 1 rings (SSSR count). The zero-order valence-electron chi connectivity index (χ0n) is 11.8. The molecule has 0 radical (unpaired) electrons. The summed E-state index contributed by atoms with van der Waals surface area (Å²) >= 11 is 0. The number of hydrogen-bond donors (Lipinski definition) is 2. The standard InChI is InChI=1S/C13H21N3O2S.HI/c1-14-13(15-9-6-10-19(2,17)18)16-11-12-7-4-3-5-8-12;/h3-5,7-8H,6,9-11H2,1-2H3,(H2,14,15,16);1H. The predicted molar refractivity (Wildman–Crippen MR) is 94.4 cm³/mol. The maximum absolute atomic E-state index is 11.0. The van der Waals surface area contributed by atoms with Gasteiger partial charge in [0.2, 0.25) is 0 Å². The minimum Gasteiger partial charge on any atom is -0.356 e. The molecule has 0 aromatic heterocycles. The van der Waals surface area contributed by atoms with Gasteiger partial charge in [0.1, 0.15) is 9.84 Å². The summed E-state index contributed by atoms with van der Waals surface area (Å²) in [6, 6.07) is 10.0. The lowest BCUT2D eigenvalue weighted by Crippen LogP contribution is -2.37. The third-order valence-corrected chi connectivity index (χ3v) is 3.54. The van der Waals surface area contributed by atoms with E-state index in [9.17, 15) is 8.42 Å². The van der Waals surface area contributed by atoms with Gasteiger partial charge in [-0.15, -0.1) is 24.0 Å². The lowest BCUT2D eigenvalue weighted by Gasteiger charge is -2.11. The van der Waals surface area contributed by atoms with Gasteiger partial charge in [-0.05, 0) is 12.0 Å². The third kappa shape index (κ3) is 9.13. The second-order valence-corrected chi connectivity index (χ2v) is 6.58. The Hall–Kier alpha value is -0.830. The topological polar surface area (TPSA) is 70.6 Å². The summed E-state index contributed by atoms with van der Waals surface area (Å²) in [6.45, 7) is 1.27. The first-order valence-electron chi connectivity index (χ1n) is 6.17. The average molecular weight is 411 g/mol. The number of sulfone groups is 1. The third-order valence-electron chi connectivity index (χ3n) is 2.51. The summed E-state index contributed by atoms with van der Waals surface area (Å²) in [5.41, 5.74) is 1.17. The van der Waals surface area contributed by atoms with Crippen molar-refractivity contribution in [2.24, 2.45) is 4.99 Å². The van der Waals surface area contributed by atoms with E-state index in [1.165, 1.54) is 11.8 Å². The first-order valence-corrected chi connectivity index (χ1v) is 8.23. The average Bonchev–Trinajstić information content (AvgIpc) is 2.38. The minimum absolute atomic E-state index is 0. The molecule has 0 unspecified atom stereocenters. The first-order chi connectivity index (χ1) is 9.01. The van der Waals surface area contributed by atoms with Gasteiger partial charge in [0.05, 0.1) is 5.75 Å². The van der Waals surface area contributed by atoms with E-state index >= 15 is 0 Å².